The highest BCUT2D eigenvalue weighted by Crippen LogP contribution is 2.19. The number of aliphatic hydroxyl groups excluding tert-OH is 1. The average molecular weight is 328 g/mol. The van der Waals surface area contributed by atoms with Crippen LogP contribution in [0.4, 0.5) is 0 Å². The van der Waals surface area contributed by atoms with Gasteiger partial charge in [0.1, 0.15) is 0 Å². The summed E-state index contributed by atoms with van der Waals surface area (Å²) in [5, 5.41) is 21.3. The summed E-state index contributed by atoms with van der Waals surface area (Å²) in [4.78, 5) is 6.69. The van der Waals surface area contributed by atoms with Crippen LogP contribution in [0.15, 0.2) is 53.7 Å². The summed E-state index contributed by atoms with van der Waals surface area (Å²) < 4.78 is 3.06. The maximum absolute atomic E-state index is 8.74. The molecule has 0 fully saturated rings. The number of hydrogen-bond acceptors (Lipinski definition) is 7. The van der Waals surface area contributed by atoms with Crippen LogP contribution in [-0.4, -0.2) is 43.4 Å². The van der Waals surface area contributed by atoms with Crippen molar-refractivity contribution in [2.24, 2.45) is 0 Å². The molecule has 0 aliphatic rings. The van der Waals surface area contributed by atoms with Crippen LogP contribution in [0.1, 0.15) is 5.56 Å². The Bertz CT molecular complexity index is 731. The van der Waals surface area contributed by atoms with Gasteiger partial charge in [-0.1, -0.05) is 6.07 Å². The van der Waals surface area contributed by atoms with E-state index in [0.717, 1.165) is 16.0 Å². The van der Waals surface area contributed by atoms with Gasteiger partial charge < -0.3 is 5.11 Å². The zero-order valence-electron chi connectivity index (χ0n) is 12.3. The Hall–Kier alpha value is -2.29. The molecule has 0 radical (unpaired) electrons. The summed E-state index contributed by atoms with van der Waals surface area (Å²) in [5.41, 5.74) is 1.94. The third kappa shape index (κ3) is 4.35. The molecule has 0 unspecified atom stereocenters. The minimum absolute atomic E-state index is 0.120. The van der Waals surface area contributed by atoms with Gasteiger partial charge in [0.2, 0.25) is 5.82 Å². The van der Waals surface area contributed by atoms with Crippen molar-refractivity contribution < 1.29 is 5.11 Å². The van der Waals surface area contributed by atoms with Gasteiger partial charge in [-0.25, -0.2) is 0 Å². The smallest absolute Gasteiger partial charge is 0.204 e. The number of rotatable bonds is 7. The Labute approximate surface area is 137 Å². The maximum Gasteiger partial charge on any atom is 0.204 e. The molecule has 0 bridgehead atoms. The van der Waals surface area contributed by atoms with E-state index < -0.39 is 0 Å². The fraction of sp³-hybridized carbons (Fsp3) is 0.200. The van der Waals surface area contributed by atoms with Gasteiger partial charge in [0, 0.05) is 29.4 Å². The molecule has 2 heterocycles. The van der Waals surface area contributed by atoms with Gasteiger partial charge >= 0.3 is 0 Å². The second kappa shape index (κ2) is 7.82. The number of tetrazole rings is 1. The molecule has 2 N–H and O–H groups in total. The Morgan fingerprint density at radius 1 is 1.17 bits per heavy atom. The lowest BCUT2D eigenvalue weighted by molar-refractivity contribution is 0.302. The van der Waals surface area contributed by atoms with Crippen LogP contribution in [0.3, 0.4) is 0 Å². The topological polar surface area (TPSA) is 88.8 Å². The minimum Gasteiger partial charge on any atom is -0.395 e. The Morgan fingerprint density at radius 3 is 2.78 bits per heavy atom. The molecule has 7 nitrogen and oxygen atoms in total. The standard InChI is InChI=1S/C15H16N6OS/c22-9-8-17-23-14-5-3-13(4-6-14)15-18-20-21(19-15)11-12-2-1-7-16-10-12/h1-7,10,17,22H,8-9,11H2. The lowest BCUT2D eigenvalue weighted by Crippen LogP contribution is -2.08. The molecular weight excluding hydrogens is 312 g/mol. The SMILES string of the molecule is OCCNSc1ccc(-c2nnn(Cc3cccnc3)n2)cc1. The largest absolute Gasteiger partial charge is 0.395 e. The van der Waals surface area contributed by atoms with E-state index in [0.29, 0.717) is 18.9 Å². The lowest BCUT2D eigenvalue weighted by Gasteiger charge is -2.02. The molecule has 23 heavy (non-hydrogen) atoms. The van der Waals surface area contributed by atoms with E-state index in [-0.39, 0.29) is 6.61 Å². The average Bonchev–Trinajstić information content (AvgIpc) is 3.05. The van der Waals surface area contributed by atoms with E-state index in [1.165, 1.54) is 11.9 Å². The van der Waals surface area contributed by atoms with Gasteiger partial charge in [-0.05, 0) is 53.1 Å². The van der Waals surface area contributed by atoms with Crippen molar-refractivity contribution in [2.45, 2.75) is 11.4 Å². The third-order valence-corrected chi connectivity index (χ3v) is 3.87. The quantitative estimate of drug-likeness (QED) is 0.500. The fourth-order valence-corrected chi connectivity index (χ4v) is 2.56. The molecule has 0 aliphatic heterocycles. The van der Waals surface area contributed by atoms with Gasteiger partial charge in [0.15, 0.2) is 0 Å². The van der Waals surface area contributed by atoms with Crippen molar-refractivity contribution in [1.82, 2.24) is 29.9 Å². The number of nitrogens with zero attached hydrogens (tertiary/aromatic N) is 5. The van der Waals surface area contributed by atoms with Gasteiger partial charge in [0.25, 0.3) is 0 Å². The van der Waals surface area contributed by atoms with Crippen LogP contribution in [0.5, 0.6) is 0 Å². The molecule has 2 aromatic heterocycles. The van der Waals surface area contributed by atoms with Crippen LogP contribution >= 0.6 is 11.9 Å². The molecule has 0 atom stereocenters. The number of nitrogens with one attached hydrogen (secondary N) is 1. The molecule has 0 amide bonds. The fourth-order valence-electron chi connectivity index (χ4n) is 1.93. The Morgan fingerprint density at radius 2 is 2.04 bits per heavy atom. The highest BCUT2D eigenvalue weighted by molar-refractivity contribution is 7.97. The first kappa shape index (κ1) is 15.6. The van der Waals surface area contributed by atoms with Crippen LogP contribution < -0.4 is 4.72 Å². The van der Waals surface area contributed by atoms with Crippen molar-refractivity contribution >= 4 is 11.9 Å². The van der Waals surface area contributed by atoms with Crippen molar-refractivity contribution in [3.8, 4) is 11.4 Å². The van der Waals surface area contributed by atoms with Crippen molar-refractivity contribution in [3.63, 3.8) is 0 Å². The highest BCUT2D eigenvalue weighted by Gasteiger charge is 2.06. The van der Waals surface area contributed by atoms with Crippen molar-refractivity contribution in [1.29, 1.82) is 0 Å². The summed E-state index contributed by atoms with van der Waals surface area (Å²) in [6, 6.07) is 11.7. The van der Waals surface area contributed by atoms with Gasteiger partial charge in [0.05, 0.1) is 13.2 Å². The van der Waals surface area contributed by atoms with E-state index in [9.17, 15) is 0 Å². The van der Waals surface area contributed by atoms with Crippen molar-refractivity contribution in [3.05, 3.63) is 54.4 Å². The molecule has 0 aliphatic carbocycles. The predicted octanol–water partition coefficient (Wildman–Crippen LogP) is 1.37. The highest BCUT2D eigenvalue weighted by atomic mass is 32.2. The Balaban J connectivity index is 1.65. The minimum atomic E-state index is 0.120. The lowest BCUT2D eigenvalue weighted by atomic mass is 10.2. The van der Waals surface area contributed by atoms with E-state index in [1.54, 1.807) is 17.2 Å². The van der Waals surface area contributed by atoms with E-state index in [1.807, 2.05) is 36.4 Å². The number of hydrogen-bond donors (Lipinski definition) is 2. The molecule has 8 heteroatoms. The van der Waals surface area contributed by atoms with Crippen LogP contribution in [0.2, 0.25) is 0 Å². The molecule has 3 aromatic rings. The summed E-state index contributed by atoms with van der Waals surface area (Å²) in [5.74, 6) is 0.591. The molecule has 0 saturated carbocycles. The van der Waals surface area contributed by atoms with Gasteiger partial charge in [-0.2, -0.15) is 4.80 Å². The molecule has 0 spiro atoms. The second-order valence-electron chi connectivity index (χ2n) is 4.75. The van der Waals surface area contributed by atoms with Crippen LogP contribution in [0, 0.1) is 0 Å². The third-order valence-electron chi connectivity index (χ3n) is 3.02. The zero-order valence-corrected chi connectivity index (χ0v) is 13.1. The molecule has 3 rings (SSSR count). The normalized spacial score (nSPS) is 10.8. The first-order valence-electron chi connectivity index (χ1n) is 7.13. The first-order chi connectivity index (χ1) is 11.3. The van der Waals surface area contributed by atoms with E-state index in [4.69, 9.17) is 5.11 Å². The Kier molecular flexibility index (Phi) is 5.30. The van der Waals surface area contributed by atoms with E-state index in [2.05, 4.69) is 25.1 Å². The molecule has 1 aromatic carbocycles. The van der Waals surface area contributed by atoms with Gasteiger partial charge in [-0.3, -0.25) is 9.71 Å². The van der Waals surface area contributed by atoms with Crippen LogP contribution in [-0.2, 0) is 6.54 Å². The summed E-state index contributed by atoms with van der Waals surface area (Å²) in [6.07, 6.45) is 3.52. The maximum atomic E-state index is 8.74. The van der Waals surface area contributed by atoms with Gasteiger partial charge in [-0.15, -0.1) is 10.2 Å². The molecular formula is C15H16N6OS. The van der Waals surface area contributed by atoms with Crippen LogP contribution in [0.25, 0.3) is 11.4 Å². The summed E-state index contributed by atoms with van der Waals surface area (Å²) in [6.45, 7) is 1.21. The van der Waals surface area contributed by atoms with Crippen molar-refractivity contribution in [2.75, 3.05) is 13.2 Å². The number of pyridine rings is 1. The van der Waals surface area contributed by atoms with E-state index >= 15 is 0 Å². The monoisotopic (exact) mass is 328 g/mol. The summed E-state index contributed by atoms with van der Waals surface area (Å²) >= 11 is 1.48. The summed E-state index contributed by atoms with van der Waals surface area (Å²) in [7, 11) is 0. The number of aliphatic hydroxyl groups is 1. The number of aromatic nitrogens is 5. The molecule has 118 valence electrons. The molecule has 0 saturated heterocycles. The second-order valence-corrected chi connectivity index (χ2v) is 5.71. The zero-order chi connectivity index (χ0) is 15.9. The number of benzene rings is 1. The first-order valence-corrected chi connectivity index (χ1v) is 7.94. The predicted molar refractivity (Wildman–Crippen MR) is 87.5 cm³/mol.